The summed E-state index contributed by atoms with van der Waals surface area (Å²) in [6.45, 7) is 2.15. The predicted octanol–water partition coefficient (Wildman–Crippen LogP) is 2.34. The number of carbonyl (C=O) groups is 1. The average Bonchev–Trinajstić information content (AvgIpc) is 2.95. The highest BCUT2D eigenvalue weighted by Crippen LogP contribution is 2.34. The van der Waals surface area contributed by atoms with Gasteiger partial charge in [-0.05, 0) is 24.4 Å². The number of thiazole rings is 1. The lowest BCUT2D eigenvalue weighted by atomic mass is 10.2. The zero-order valence-electron chi connectivity index (χ0n) is 14.0. The number of anilines is 1. The van der Waals surface area contributed by atoms with Crippen LogP contribution in [0.15, 0.2) is 18.2 Å². The number of rotatable bonds is 4. The summed E-state index contributed by atoms with van der Waals surface area (Å²) in [5, 5.41) is 0. The molecule has 1 aliphatic heterocycles. The number of aromatic nitrogens is 1. The molecule has 1 amide bonds. The van der Waals surface area contributed by atoms with Crippen molar-refractivity contribution < 1.29 is 19.0 Å². The van der Waals surface area contributed by atoms with Gasteiger partial charge in [0.15, 0.2) is 3.95 Å². The molecule has 1 fully saturated rings. The van der Waals surface area contributed by atoms with Gasteiger partial charge in [-0.15, -0.1) is 0 Å². The van der Waals surface area contributed by atoms with E-state index < -0.39 is 0 Å². The van der Waals surface area contributed by atoms with Crippen molar-refractivity contribution in [2.24, 2.45) is 0 Å². The third kappa shape index (κ3) is 3.35. The predicted molar refractivity (Wildman–Crippen MR) is 98.7 cm³/mol. The maximum atomic E-state index is 12.8. The molecule has 1 aliphatic rings. The molecule has 0 radical (unpaired) electrons. The second-order valence-electron chi connectivity index (χ2n) is 5.36. The number of hydrogen-bond donors (Lipinski definition) is 1. The summed E-state index contributed by atoms with van der Waals surface area (Å²) < 4.78 is 18.1. The van der Waals surface area contributed by atoms with Crippen LogP contribution in [-0.4, -0.2) is 55.9 Å². The molecule has 0 atom stereocenters. The number of morpholine rings is 1. The lowest BCUT2D eigenvalue weighted by molar-refractivity contribution is 0.0306. The van der Waals surface area contributed by atoms with E-state index >= 15 is 0 Å². The van der Waals surface area contributed by atoms with Gasteiger partial charge in [0.25, 0.3) is 5.91 Å². The van der Waals surface area contributed by atoms with Crippen LogP contribution in [-0.2, 0) is 4.74 Å². The van der Waals surface area contributed by atoms with E-state index in [1.807, 2.05) is 0 Å². The van der Waals surface area contributed by atoms with Crippen molar-refractivity contribution in [2.45, 2.75) is 0 Å². The van der Waals surface area contributed by atoms with E-state index in [2.05, 4.69) is 0 Å². The fraction of sp³-hybridized carbons (Fsp3) is 0.375. The number of carbonyl (C=O) groups excluding carboxylic acids is 1. The molecule has 1 aromatic carbocycles. The van der Waals surface area contributed by atoms with Crippen LogP contribution < -0.4 is 15.2 Å². The van der Waals surface area contributed by atoms with Crippen LogP contribution in [0.2, 0.25) is 0 Å². The molecule has 134 valence electrons. The van der Waals surface area contributed by atoms with E-state index in [1.165, 1.54) is 11.3 Å². The number of methoxy groups -OCH3 is 2. The largest absolute Gasteiger partial charge is 0.497 e. The van der Waals surface area contributed by atoms with Crippen LogP contribution >= 0.6 is 23.6 Å². The summed E-state index contributed by atoms with van der Waals surface area (Å²) in [5.41, 5.74) is 6.93. The first-order valence-corrected chi connectivity index (χ1v) is 8.90. The highest BCUT2D eigenvalue weighted by molar-refractivity contribution is 7.73. The standard InChI is InChI=1S/C16H19N3O4S2/c1-21-10-3-4-12(22-2)11(9-10)19-14(17)13(25-16(19)24)15(20)18-5-7-23-8-6-18/h3-4,9H,5-8,17H2,1-2H3. The number of amides is 1. The Bertz CT molecular complexity index is 840. The first-order chi connectivity index (χ1) is 12.1. The molecular formula is C16H19N3O4S2. The highest BCUT2D eigenvalue weighted by atomic mass is 32.1. The summed E-state index contributed by atoms with van der Waals surface area (Å²) in [5.74, 6) is 1.41. The van der Waals surface area contributed by atoms with Crippen molar-refractivity contribution in [3.05, 3.63) is 27.0 Å². The summed E-state index contributed by atoms with van der Waals surface area (Å²) in [7, 11) is 3.15. The van der Waals surface area contributed by atoms with Gasteiger partial charge in [-0.25, -0.2) is 0 Å². The Morgan fingerprint density at radius 3 is 2.64 bits per heavy atom. The summed E-state index contributed by atoms with van der Waals surface area (Å²) >= 11 is 6.65. The number of nitrogens with two attached hydrogens (primary N) is 1. The average molecular weight is 381 g/mol. The van der Waals surface area contributed by atoms with Gasteiger partial charge >= 0.3 is 0 Å². The number of benzene rings is 1. The van der Waals surface area contributed by atoms with Gasteiger partial charge in [-0.3, -0.25) is 9.36 Å². The normalized spacial score (nSPS) is 14.4. The molecule has 9 heteroatoms. The molecule has 0 saturated carbocycles. The van der Waals surface area contributed by atoms with Crippen molar-refractivity contribution in [1.82, 2.24) is 9.47 Å². The molecule has 2 N–H and O–H groups in total. The number of nitrogen functional groups attached to an aromatic ring is 1. The molecule has 2 aromatic rings. The fourth-order valence-electron chi connectivity index (χ4n) is 2.65. The molecule has 2 heterocycles. The zero-order valence-corrected chi connectivity index (χ0v) is 15.6. The van der Waals surface area contributed by atoms with Gasteiger partial charge in [0.2, 0.25) is 0 Å². The fourth-order valence-corrected chi connectivity index (χ4v) is 3.97. The molecule has 0 bridgehead atoms. The van der Waals surface area contributed by atoms with Crippen LogP contribution in [0.1, 0.15) is 9.67 Å². The molecule has 0 unspecified atom stereocenters. The summed E-state index contributed by atoms with van der Waals surface area (Å²) in [6, 6.07) is 5.34. The van der Waals surface area contributed by atoms with Crippen molar-refractivity contribution >= 4 is 35.3 Å². The van der Waals surface area contributed by atoms with E-state index in [1.54, 1.807) is 41.9 Å². The monoisotopic (exact) mass is 381 g/mol. The molecule has 0 spiro atoms. The maximum Gasteiger partial charge on any atom is 0.267 e. The molecule has 3 rings (SSSR count). The van der Waals surface area contributed by atoms with Gasteiger partial charge in [0, 0.05) is 19.2 Å². The minimum atomic E-state index is -0.127. The topological polar surface area (TPSA) is 78.9 Å². The Labute approximate surface area is 154 Å². The van der Waals surface area contributed by atoms with E-state index in [9.17, 15) is 4.79 Å². The van der Waals surface area contributed by atoms with Gasteiger partial charge in [-0.1, -0.05) is 11.3 Å². The molecular weight excluding hydrogens is 362 g/mol. The van der Waals surface area contributed by atoms with Crippen molar-refractivity contribution in [3.63, 3.8) is 0 Å². The van der Waals surface area contributed by atoms with Crippen LogP contribution in [0.5, 0.6) is 11.5 Å². The Hall–Kier alpha value is -2.10. The summed E-state index contributed by atoms with van der Waals surface area (Å²) in [6.07, 6.45) is 0. The Morgan fingerprint density at radius 1 is 1.28 bits per heavy atom. The summed E-state index contributed by atoms with van der Waals surface area (Å²) in [4.78, 5) is 14.9. The molecule has 1 aromatic heterocycles. The van der Waals surface area contributed by atoms with Crippen LogP contribution in [0.4, 0.5) is 5.82 Å². The Morgan fingerprint density at radius 2 is 2.00 bits per heavy atom. The second-order valence-corrected chi connectivity index (χ2v) is 7.00. The Balaban J connectivity index is 2.06. The SMILES string of the molecule is COc1ccc(OC)c(-n2c(N)c(C(=O)N3CCOCC3)sc2=S)c1. The molecule has 7 nitrogen and oxygen atoms in total. The quantitative estimate of drug-likeness (QED) is 0.819. The molecule has 1 saturated heterocycles. The molecule has 25 heavy (non-hydrogen) atoms. The minimum Gasteiger partial charge on any atom is -0.497 e. The van der Waals surface area contributed by atoms with Crippen molar-refractivity contribution in [2.75, 3.05) is 46.3 Å². The van der Waals surface area contributed by atoms with Gasteiger partial charge in [0.1, 0.15) is 22.2 Å². The van der Waals surface area contributed by atoms with Gasteiger partial charge < -0.3 is 24.8 Å². The van der Waals surface area contributed by atoms with Crippen molar-refractivity contribution in [3.8, 4) is 17.2 Å². The second kappa shape index (κ2) is 7.42. The third-order valence-electron chi connectivity index (χ3n) is 3.96. The van der Waals surface area contributed by atoms with Crippen LogP contribution in [0, 0.1) is 3.95 Å². The lowest BCUT2D eigenvalue weighted by Crippen LogP contribution is -2.40. The van der Waals surface area contributed by atoms with Crippen LogP contribution in [0.25, 0.3) is 5.69 Å². The van der Waals surface area contributed by atoms with Gasteiger partial charge in [0.05, 0.1) is 33.1 Å². The smallest absolute Gasteiger partial charge is 0.267 e. The highest BCUT2D eigenvalue weighted by Gasteiger charge is 2.25. The van der Waals surface area contributed by atoms with E-state index in [0.717, 1.165) is 0 Å². The molecule has 0 aliphatic carbocycles. The van der Waals surface area contributed by atoms with Crippen LogP contribution in [0.3, 0.4) is 0 Å². The van der Waals surface area contributed by atoms with Crippen molar-refractivity contribution in [1.29, 1.82) is 0 Å². The van der Waals surface area contributed by atoms with E-state index in [0.29, 0.717) is 58.1 Å². The van der Waals surface area contributed by atoms with E-state index in [-0.39, 0.29) is 5.91 Å². The first kappa shape index (κ1) is 17.7. The Kier molecular flexibility index (Phi) is 5.26. The maximum absolute atomic E-state index is 12.8. The first-order valence-electron chi connectivity index (χ1n) is 7.67. The number of nitrogens with zero attached hydrogens (tertiary/aromatic N) is 2. The van der Waals surface area contributed by atoms with Gasteiger partial charge in [-0.2, -0.15) is 0 Å². The van der Waals surface area contributed by atoms with E-state index in [4.69, 9.17) is 32.2 Å². The third-order valence-corrected chi connectivity index (χ3v) is 5.34. The number of ether oxygens (including phenoxy) is 3. The zero-order chi connectivity index (χ0) is 18.0. The number of hydrogen-bond acceptors (Lipinski definition) is 7. The lowest BCUT2D eigenvalue weighted by Gasteiger charge is -2.26. The minimum absolute atomic E-state index is 0.127.